The lowest BCUT2D eigenvalue weighted by atomic mass is 10.0. The first-order valence-electron chi connectivity index (χ1n) is 31.5. The summed E-state index contributed by atoms with van der Waals surface area (Å²) >= 11 is 0. The van der Waals surface area contributed by atoms with Crippen LogP contribution in [0, 0.1) is 0 Å². The van der Waals surface area contributed by atoms with Gasteiger partial charge in [-0.3, -0.25) is 4.79 Å². The molecule has 4 heteroatoms. The number of allylic oxidation sites excluding steroid dienone is 15. The van der Waals surface area contributed by atoms with Gasteiger partial charge in [-0.05, 0) is 77.0 Å². The van der Waals surface area contributed by atoms with Gasteiger partial charge >= 0.3 is 0 Å². The summed E-state index contributed by atoms with van der Waals surface area (Å²) in [5, 5.41) is 23.2. The molecule has 2 unspecified atom stereocenters. The summed E-state index contributed by atoms with van der Waals surface area (Å²) in [6, 6.07) is -0.628. The molecule has 4 nitrogen and oxygen atoms in total. The van der Waals surface area contributed by atoms with Crippen molar-refractivity contribution in [3.8, 4) is 0 Å². The van der Waals surface area contributed by atoms with Crippen molar-refractivity contribution in [3.05, 3.63) is 97.2 Å². The Bertz CT molecular complexity index is 1320. The molecule has 416 valence electrons. The Labute approximate surface area is 449 Å². The lowest BCUT2D eigenvalue weighted by Gasteiger charge is -2.20. The molecule has 0 aliphatic carbocycles. The summed E-state index contributed by atoms with van der Waals surface area (Å²) in [7, 11) is 0. The van der Waals surface area contributed by atoms with Crippen LogP contribution >= 0.6 is 0 Å². The van der Waals surface area contributed by atoms with Gasteiger partial charge in [-0.2, -0.15) is 0 Å². The Kier molecular flexibility index (Phi) is 60.3. The molecular formula is C68H121NO3. The van der Waals surface area contributed by atoms with Gasteiger partial charge in [0.15, 0.2) is 0 Å². The van der Waals surface area contributed by atoms with Gasteiger partial charge < -0.3 is 15.5 Å². The fourth-order valence-electron chi connectivity index (χ4n) is 9.34. The Morgan fingerprint density at radius 1 is 0.347 bits per heavy atom. The first-order chi connectivity index (χ1) is 35.7. The van der Waals surface area contributed by atoms with E-state index in [1.165, 1.54) is 218 Å². The molecule has 0 spiro atoms. The fraction of sp³-hybridized carbons (Fsp3) is 0.750. The topological polar surface area (TPSA) is 69.6 Å². The highest BCUT2D eigenvalue weighted by atomic mass is 16.3. The zero-order valence-electron chi connectivity index (χ0n) is 47.9. The molecule has 0 aromatic carbocycles. The van der Waals surface area contributed by atoms with Crippen LogP contribution in [0.15, 0.2) is 97.2 Å². The minimum absolute atomic E-state index is 0.0635. The third-order valence-electron chi connectivity index (χ3n) is 14.1. The molecule has 0 saturated heterocycles. The van der Waals surface area contributed by atoms with E-state index < -0.39 is 12.1 Å². The van der Waals surface area contributed by atoms with Crippen molar-refractivity contribution in [2.24, 2.45) is 0 Å². The monoisotopic (exact) mass is 1000 g/mol. The second-order valence-corrected chi connectivity index (χ2v) is 21.1. The van der Waals surface area contributed by atoms with E-state index in [4.69, 9.17) is 0 Å². The number of amides is 1. The number of carbonyl (C=O) groups excluding carboxylic acids is 1. The zero-order chi connectivity index (χ0) is 52.0. The van der Waals surface area contributed by atoms with Crippen molar-refractivity contribution in [1.29, 1.82) is 0 Å². The summed E-state index contributed by atoms with van der Waals surface area (Å²) in [5.41, 5.74) is 0. The van der Waals surface area contributed by atoms with Gasteiger partial charge in [0.25, 0.3) is 0 Å². The van der Waals surface area contributed by atoms with E-state index in [9.17, 15) is 15.0 Å². The van der Waals surface area contributed by atoms with E-state index in [-0.39, 0.29) is 12.5 Å². The van der Waals surface area contributed by atoms with E-state index in [0.717, 1.165) is 70.6 Å². The van der Waals surface area contributed by atoms with Crippen LogP contribution in [-0.4, -0.2) is 34.9 Å². The van der Waals surface area contributed by atoms with Crippen molar-refractivity contribution < 1.29 is 15.0 Å². The normalized spacial score (nSPS) is 13.4. The summed E-state index contributed by atoms with van der Waals surface area (Å²) in [6.45, 7) is 4.22. The predicted molar refractivity (Wildman–Crippen MR) is 322 cm³/mol. The number of hydrogen-bond acceptors (Lipinski definition) is 3. The summed E-state index contributed by atoms with van der Waals surface area (Å²) in [6.07, 6.45) is 93.1. The van der Waals surface area contributed by atoms with Gasteiger partial charge in [0.2, 0.25) is 5.91 Å². The number of carbonyl (C=O) groups is 1. The molecule has 0 fully saturated rings. The Morgan fingerprint density at radius 3 is 0.917 bits per heavy atom. The van der Waals surface area contributed by atoms with Crippen LogP contribution in [0.4, 0.5) is 0 Å². The Balaban J connectivity index is 3.51. The molecule has 0 radical (unpaired) electrons. The van der Waals surface area contributed by atoms with Gasteiger partial charge in [0, 0.05) is 6.42 Å². The van der Waals surface area contributed by atoms with Crippen LogP contribution < -0.4 is 5.32 Å². The summed E-state index contributed by atoms with van der Waals surface area (Å²) < 4.78 is 0. The van der Waals surface area contributed by atoms with Crippen molar-refractivity contribution in [3.63, 3.8) is 0 Å². The summed E-state index contributed by atoms with van der Waals surface area (Å²) in [4.78, 5) is 12.5. The second-order valence-electron chi connectivity index (χ2n) is 21.1. The number of hydrogen-bond donors (Lipinski definition) is 3. The summed E-state index contributed by atoms with van der Waals surface area (Å²) in [5.74, 6) is -0.0635. The van der Waals surface area contributed by atoms with Gasteiger partial charge in [-0.25, -0.2) is 0 Å². The number of aliphatic hydroxyl groups is 2. The standard InChI is InChI=1S/C68H121NO3/c1-3-5-7-9-11-13-15-17-19-21-23-25-27-28-29-30-31-32-33-34-35-36-37-38-39-40-42-44-46-48-50-52-54-56-58-60-62-64-68(72)69-66(65-70)67(71)63-61-59-57-55-53-51-49-47-45-43-41-26-24-22-20-18-16-14-12-10-8-6-4-2/h5,7,11,13,17,19,23,25,28-29,31-32,34-35,61,63,66-67,70-71H,3-4,6,8-10,12,14-16,18,20-22,24,26-27,30,33,36-60,62,64-65H2,1-2H3,(H,69,72)/b7-5-,13-11-,19-17-,25-23-,29-28-,32-31-,35-34-,63-61+. The van der Waals surface area contributed by atoms with Gasteiger partial charge in [0.05, 0.1) is 18.8 Å². The molecule has 72 heavy (non-hydrogen) atoms. The third-order valence-corrected chi connectivity index (χ3v) is 14.1. The van der Waals surface area contributed by atoms with Crippen molar-refractivity contribution >= 4 is 5.91 Å². The van der Waals surface area contributed by atoms with Crippen LogP contribution in [0.2, 0.25) is 0 Å². The maximum atomic E-state index is 12.5. The molecule has 1 amide bonds. The number of unbranched alkanes of at least 4 members (excludes halogenated alkanes) is 36. The smallest absolute Gasteiger partial charge is 0.220 e. The highest BCUT2D eigenvalue weighted by Crippen LogP contribution is 2.17. The van der Waals surface area contributed by atoms with E-state index in [0.29, 0.717) is 6.42 Å². The van der Waals surface area contributed by atoms with Gasteiger partial charge in [0.1, 0.15) is 0 Å². The maximum Gasteiger partial charge on any atom is 0.220 e. The highest BCUT2D eigenvalue weighted by molar-refractivity contribution is 5.76. The van der Waals surface area contributed by atoms with Crippen molar-refractivity contribution in [1.82, 2.24) is 5.32 Å². The van der Waals surface area contributed by atoms with Gasteiger partial charge in [-0.15, -0.1) is 0 Å². The molecule has 2 atom stereocenters. The van der Waals surface area contributed by atoms with E-state index in [1.54, 1.807) is 6.08 Å². The molecule has 0 aliphatic rings. The largest absolute Gasteiger partial charge is 0.394 e. The molecule has 0 heterocycles. The average molecular weight is 1000 g/mol. The van der Waals surface area contributed by atoms with Crippen LogP contribution in [0.1, 0.15) is 309 Å². The minimum atomic E-state index is -0.844. The molecule has 0 aromatic rings. The SMILES string of the molecule is CC/C=C\C/C=C\C/C=C\C/C=C\C/C=C\C/C=C\C/C=C\CCCCCCCCCCCCCCCCCC(=O)NC(CO)C(O)/C=C/CCCCCCCCCCCCCCCCCCCCCCC. The molecule has 0 aromatic heterocycles. The Hall–Kier alpha value is -2.69. The van der Waals surface area contributed by atoms with E-state index in [1.807, 2.05) is 6.08 Å². The van der Waals surface area contributed by atoms with Gasteiger partial charge in [-0.1, -0.05) is 323 Å². The quantitative estimate of drug-likeness (QED) is 0.0420. The first-order valence-corrected chi connectivity index (χ1v) is 31.5. The lowest BCUT2D eigenvalue weighted by Crippen LogP contribution is -2.45. The zero-order valence-corrected chi connectivity index (χ0v) is 47.9. The number of nitrogens with one attached hydrogen (secondary N) is 1. The minimum Gasteiger partial charge on any atom is -0.394 e. The van der Waals surface area contributed by atoms with E-state index in [2.05, 4.69) is 104 Å². The highest BCUT2D eigenvalue weighted by Gasteiger charge is 2.18. The molecular weight excluding hydrogens is 879 g/mol. The average Bonchev–Trinajstić information content (AvgIpc) is 3.39. The Morgan fingerprint density at radius 2 is 0.611 bits per heavy atom. The van der Waals surface area contributed by atoms with Crippen molar-refractivity contribution in [2.75, 3.05) is 6.61 Å². The fourth-order valence-corrected chi connectivity index (χ4v) is 9.34. The van der Waals surface area contributed by atoms with E-state index >= 15 is 0 Å². The first kappa shape index (κ1) is 69.3. The lowest BCUT2D eigenvalue weighted by molar-refractivity contribution is -0.123. The molecule has 0 aliphatic heterocycles. The molecule has 0 rings (SSSR count). The number of aliphatic hydroxyl groups excluding tert-OH is 2. The maximum absolute atomic E-state index is 12.5. The van der Waals surface area contributed by atoms with Crippen molar-refractivity contribution in [2.45, 2.75) is 321 Å². The van der Waals surface area contributed by atoms with Crippen LogP contribution in [0.3, 0.4) is 0 Å². The third kappa shape index (κ3) is 58.2. The van der Waals surface area contributed by atoms with Crippen LogP contribution in [-0.2, 0) is 4.79 Å². The van der Waals surface area contributed by atoms with Crippen LogP contribution in [0.5, 0.6) is 0 Å². The van der Waals surface area contributed by atoms with Crippen LogP contribution in [0.25, 0.3) is 0 Å². The molecule has 0 bridgehead atoms. The predicted octanol–water partition coefficient (Wildman–Crippen LogP) is 21.3. The second kappa shape index (κ2) is 62.6. The molecule has 0 saturated carbocycles. The molecule has 3 N–H and O–H groups in total. The number of rotatable bonds is 57.